The normalized spacial score (nSPS) is 11.0. The standard InChI is InChI=1S/C23H20BrN3O4/c24-18-6-7-21-20(10-18)23(29)27(15-26-21)12-22(28)25-11-16-3-1-4-17(9-16)13-30-14-19-5-2-8-31-19/h1-10,15H,11-14H2,(H,25,28). The van der Waals surface area contributed by atoms with Crippen molar-refractivity contribution in [3.05, 3.63) is 98.9 Å². The molecule has 0 saturated heterocycles. The van der Waals surface area contributed by atoms with E-state index in [1.165, 1.54) is 10.9 Å². The summed E-state index contributed by atoms with van der Waals surface area (Å²) in [6, 6.07) is 16.8. The topological polar surface area (TPSA) is 86.4 Å². The Bertz CT molecular complexity index is 1250. The van der Waals surface area contributed by atoms with Crippen LogP contribution in [0.4, 0.5) is 0 Å². The maximum Gasteiger partial charge on any atom is 0.261 e. The summed E-state index contributed by atoms with van der Waals surface area (Å²) in [5, 5.41) is 3.31. The first-order chi connectivity index (χ1) is 15.1. The lowest BCUT2D eigenvalue weighted by Crippen LogP contribution is -2.32. The molecule has 0 unspecified atom stereocenters. The second-order valence-corrected chi connectivity index (χ2v) is 7.92. The zero-order valence-corrected chi connectivity index (χ0v) is 18.2. The molecule has 7 nitrogen and oxygen atoms in total. The van der Waals surface area contributed by atoms with E-state index in [1.807, 2.05) is 42.5 Å². The summed E-state index contributed by atoms with van der Waals surface area (Å²) in [5.41, 5.74) is 2.28. The second-order valence-electron chi connectivity index (χ2n) is 7.01. The number of furan rings is 1. The highest BCUT2D eigenvalue weighted by Gasteiger charge is 2.09. The van der Waals surface area contributed by atoms with E-state index in [0.717, 1.165) is 21.4 Å². The predicted octanol–water partition coefficient (Wildman–Crippen LogP) is 3.79. The van der Waals surface area contributed by atoms with E-state index in [9.17, 15) is 9.59 Å². The molecular weight excluding hydrogens is 462 g/mol. The van der Waals surface area contributed by atoms with Gasteiger partial charge in [-0.25, -0.2) is 4.98 Å². The van der Waals surface area contributed by atoms with Gasteiger partial charge in [0, 0.05) is 11.0 Å². The van der Waals surface area contributed by atoms with Gasteiger partial charge in [-0.3, -0.25) is 14.2 Å². The minimum absolute atomic E-state index is 0.0970. The van der Waals surface area contributed by atoms with Crippen LogP contribution >= 0.6 is 15.9 Å². The molecule has 158 valence electrons. The fourth-order valence-electron chi connectivity index (χ4n) is 3.15. The molecule has 0 saturated carbocycles. The van der Waals surface area contributed by atoms with Crippen molar-refractivity contribution in [1.82, 2.24) is 14.9 Å². The van der Waals surface area contributed by atoms with Gasteiger partial charge in [0.15, 0.2) is 0 Å². The first-order valence-corrected chi connectivity index (χ1v) is 10.5. The predicted molar refractivity (Wildman–Crippen MR) is 119 cm³/mol. The number of amides is 1. The molecule has 2 heterocycles. The molecule has 1 amide bonds. The number of carbonyl (C=O) groups is 1. The van der Waals surface area contributed by atoms with Gasteiger partial charge in [-0.2, -0.15) is 0 Å². The van der Waals surface area contributed by atoms with Crippen molar-refractivity contribution < 1.29 is 13.9 Å². The van der Waals surface area contributed by atoms with Crippen molar-refractivity contribution >= 4 is 32.7 Å². The van der Waals surface area contributed by atoms with Crippen LogP contribution in [0.2, 0.25) is 0 Å². The first-order valence-electron chi connectivity index (χ1n) is 9.68. The van der Waals surface area contributed by atoms with E-state index in [2.05, 4.69) is 26.2 Å². The number of rotatable bonds is 8. The highest BCUT2D eigenvalue weighted by atomic mass is 79.9. The van der Waals surface area contributed by atoms with Gasteiger partial charge in [0.05, 0.1) is 30.1 Å². The summed E-state index contributed by atoms with van der Waals surface area (Å²) >= 11 is 3.36. The molecule has 0 spiro atoms. The molecule has 0 aliphatic heterocycles. The Kier molecular flexibility index (Phi) is 6.59. The van der Waals surface area contributed by atoms with Crippen LogP contribution in [0.15, 0.2) is 80.9 Å². The molecule has 0 atom stereocenters. The number of fused-ring (bicyclic) bond motifs is 1. The van der Waals surface area contributed by atoms with Crippen molar-refractivity contribution in [2.24, 2.45) is 0 Å². The molecule has 0 radical (unpaired) electrons. The van der Waals surface area contributed by atoms with Crippen LogP contribution in [0.25, 0.3) is 10.9 Å². The van der Waals surface area contributed by atoms with Gasteiger partial charge in [0.1, 0.15) is 18.9 Å². The van der Waals surface area contributed by atoms with Crippen molar-refractivity contribution in [2.45, 2.75) is 26.3 Å². The van der Waals surface area contributed by atoms with Gasteiger partial charge in [-0.15, -0.1) is 0 Å². The van der Waals surface area contributed by atoms with E-state index in [0.29, 0.717) is 30.7 Å². The number of benzene rings is 2. The van der Waals surface area contributed by atoms with Crippen LogP contribution in [-0.2, 0) is 35.8 Å². The molecule has 4 aromatic rings. The van der Waals surface area contributed by atoms with E-state index in [1.54, 1.807) is 18.4 Å². The smallest absolute Gasteiger partial charge is 0.261 e. The van der Waals surface area contributed by atoms with E-state index >= 15 is 0 Å². The van der Waals surface area contributed by atoms with Crippen molar-refractivity contribution in [3.8, 4) is 0 Å². The lowest BCUT2D eigenvalue weighted by atomic mass is 10.1. The minimum atomic E-state index is -0.266. The van der Waals surface area contributed by atoms with E-state index < -0.39 is 0 Å². The largest absolute Gasteiger partial charge is 0.467 e. The van der Waals surface area contributed by atoms with Gasteiger partial charge in [-0.1, -0.05) is 40.2 Å². The molecular formula is C23H20BrN3O4. The van der Waals surface area contributed by atoms with Gasteiger partial charge in [0.2, 0.25) is 5.91 Å². The Hall–Kier alpha value is -3.23. The number of hydrogen-bond acceptors (Lipinski definition) is 5. The quantitative estimate of drug-likeness (QED) is 0.413. The maximum atomic E-state index is 12.6. The third-order valence-corrected chi connectivity index (χ3v) is 5.17. The molecule has 0 bridgehead atoms. The minimum Gasteiger partial charge on any atom is -0.467 e. The fraction of sp³-hybridized carbons (Fsp3) is 0.174. The molecule has 31 heavy (non-hydrogen) atoms. The monoisotopic (exact) mass is 481 g/mol. The first kappa shape index (κ1) is 21.0. The Morgan fingerprint density at radius 2 is 1.97 bits per heavy atom. The fourth-order valence-corrected chi connectivity index (χ4v) is 3.51. The number of ether oxygens (including phenoxy) is 1. The summed E-state index contributed by atoms with van der Waals surface area (Å²) in [4.78, 5) is 29.3. The number of nitrogens with one attached hydrogen (secondary N) is 1. The molecule has 2 aromatic heterocycles. The molecule has 0 fully saturated rings. The van der Waals surface area contributed by atoms with Crippen LogP contribution in [0, 0.1) is 0 Å². The number of aromatic nitrogens is 2. The van der Waals surface area contributed by atoms with Gasteiger partial charge < -0.3 is 14.5 Å². The number of hydrogen-bond donors (Lipinski definition) is 1. The van der Waals surface area contributed by atoms with Gasteiger partial charge in [-0.05, 0) is 41.5 Å². The van der Waals surface area contributed by atoms with Gasteiger partial charge in [0.25, 0.3) is 5.56 Å². The Morgan fingerprint density at radius 1 is 1.10 bits per heavy atom. The molecule has 0 aliphatic rings. The number of nitrogens with zero attached hydrogens (tertiary/aromatic N) is 2. The zero-order valence-electron chi connectivity index (χ0n) is 16.6. The summed E-state index contributed by atoms with van der Waals surface area (Å²) in [7, 11) is 0. The van der Waals surface area contributed by atoms with E-state index in [-0.39, 0.29) is 18.0 Å². The Balaban J connectivity index is 1.33. The summed E-state index contributed by atoms with van der Waals surface area (Å²) in [6.07, 6.45) is 3.01. The second kappa shape index (κ2) is 9.72. The average Bonchev–Trinajstić information content (AvgIpc) is 3.29. The van der Waals surface area contributed by atoms with Crippen molar-refractivity contribution in [1.29, 1.82) is 0 Å². The highest BCUT2D eigenvalue weighted by Crippen LogP contribution is 2.15. The van der Waals surface area contributed by atoms with E-state index in [4.69, 9.17) is 9.15 Å². The zero-order chi connectivity index (χ0) is 21.6. The maximum absolute atomic E-state index is 12.6. The molecule has 2 aromatic carbocycles. The lowest BCUT2D eigenvalue weighted by Gasteiger charge is -2.09. The van der Waals surface area contributed by atoms with Crippen LogP contribution in [0.3, 0.4) is 0 Å². The number of carbonyl (C=O) groups excluding carboxylic acids is 1. The molecule has 4 rings (SSSR count). The van der Waals surface area contributed by atoms with Crippen molar-refractivity contribution in [3.63, 3.8) is 0 Å². The summed E-state index contributed by atoms with van der Waals surface area (Å²) < 4.78 is 13.0. The third-order valence-electron chi connectivity index (χ3n) is 4.67. The van der Waals surface area contributed by atoms with Crippen LogP contribution in [-0.4, -0.2) is 15.5 Å². The molecule has 0 aliphatic carbocycles. The number of halogens is 1. The third kappa shape index (κ3) is 5.48. The van der Waals surface area contributed by atoms with Crippen LogP contribution in [0.1, 0.15) is 16.9 Å². The van der Waals surface area contributed by atoms with Crippen LogP contribution in [0.5, 0.6) is 0 Å². The Labute approximate surface area is 186 Å². The molecule has 8 heteroatoms. The van der Waals surface area contributed by atoms with Crippen molar-refractivity contribution in [2.75, 3.05) is 0 Å². The Morgan fingerprint density at radius 3 is 2.81 bits per heavy atom. The molecule has 1 N–H and O–H groups in total. The average molecular weight is 482 g/mol. The van der Waals surface area contributed by atoms with Crippen LogP contribution < -0.4 is 10.9 Å². The summed E-state index contributed by atoms with van der Waals surface area (Å²) in [5.74, 6) is 0.506. The SMILES string of the molecule is O=C(Cn1cnc2ccc(Br)cc2c1=O)NCc1cccc(COCc2ccco2)c1. The van der Waals surface area contributed by atoms with Gasteiger partial charge >= 0.3 is 0 Å². The lowest BCUT2D eigenvalue weighted by molar-refractivity contribution is -0.121. The highest BCUT2D eigenvalue weighted by molar-refractivity contribution is 9.10. The summed E-state index contributed by atoms with van der Waals surface area (Å²) in [6.45, 7) is 1.10.